The minimum absolute atomic E-state index is 0.279. The van der Waals surface area contributed by atoms with Gasteiger partial charge in [-0.3, -0.25) is 0 Å². The van der Waals surface area contributed by atoms with Gasteiger partial charge in [0.2, 0.25) is 0 Å². The summed E-state index contributed by atoms with van der Waals surface area (Å²) in [5.74, 6) is -0.279. The van der Waals surface area contributed by atoms with Crippen LogP contribution >= 0.6 is 0 Å². The molecule has 23 heavy (non-hydrogen) atoms. The molecular formula is C20H27NO2. The molecule has 0 aliphatic rings. The monoisotopic (exact) mass is 313 g/mol. The van der Waals surface area contributed by atoms with Gasteiger partial charge in [-0.05, 0) is 49.6 Å². The van der Waals surface area contributed by atoms with Crippen molar-refractivity contribution in [1.82, 2.24) is 4.57 Å². The molecule has 3 heteroatoms. The van der Waals surface area contributed by atoms with Crippen molar-refractivity contribution in [3.63, 3.8) is 0 Å². The van der Waals surface area contributed by atoms with E-state index < -0.39 is 0 Å². The fourth-order valence-electron chi connectivity index (χ4n) is 2.79. The summed E-state index contributed by atoms with van der Waals surface area (Å²) in [6.45, 7) is 7.47. The van der Waals surface area contributed by atoms with Crippen molar-refractivity contribution in [3.8, 4) is 0 Å². The maximum atomic E-state index is 11.6. The van der Waals surface area contributed by atoms with E-state index in [1.807, 2.05) is 13.8 Å². The summed E-state index contributed by atoms with van der Waals surface area (Å²) in [7, 11) is 0. The first-order chi connectivity index (χ1) is 11.2. The van der Waals surface area contributed by atoms with E-state index in [1.165, 1.54) is 36.6 Å². The Hall–Kier alpha value is -2.03. The Balaban J connectivity index is 2.12. The first-order valence-corrected chi connectivity index (χ1v) is 8.60. The molecule has 1 aromatic carbocycles. The highest BCUT2D eigenvalue weighted by Gasteiger charge is 2.05. The van der Waals surface area contributed by atoms with Crippen molar-refractivity contribution in [2.24, 2.45) is 0 Å². The van der Waals surface area contributed by atoms with Gasteiger partial charge in [0.25, 0.3) is 0 Å². The molecule has 0 fully saturated rings. The van der Waals surface area contributed by atoms with Crippen LogP contribution in [0.25, 0.3) is 16.5 Å². The van der Waals surface area contributed by atoms with Crippen molar-refractivity contribution in [2.45, 2.75) is 53.0 Å². The van der Waals surface area contributed by atoms with Gasteiger partial charge in [0, 0.05) is 29.7 Å². The molecule has 1 aromatic heterocycles. The number of aromatic nitrogens is 1. The van der Waals surface area contributed by atoms with Crippen LogP contribution in [0.5, 0.6) is 0 Å². The normalized spacial score (nSPS) is 11.9. The summed E-state index contributed by atoms with van der Waals surface area (Å²) in [4.78, 5) is 11.6. The Morgan fingerprint density at radius 2 is 2.00 bits per heavy atom. The maximum absolute atomic E-state index is 11.6. The number of nitrogens with zero attached hydrogens (tertiary/aromatic N) is 1. The molecule has 0 atom stereocenters. The smallest absolute Gasteiger partial charge is 0.331 e. The Kier molecular flexibility index (Phi) is 6.45. The predicted molar refractivity (Wildman–Crippen MR) is 96.4 cm³/mol. The summed E-state index contributed by atoms with van der Waals surface area (Å²) in [6.07, 6.45) is 8.80. The topological polar surface area (TPSA) is 31.2 Å². The molecule has 2 aromatic rings. The average Bonchev–Trinajstić information content (AvgIpc) is 2.94. The van der Waals surface area contributed by atoms with Crippen LogP contribution in [0.2, 0.25) is 0 Å². The van der Waals surface area contributed by atoms with Gasteiger partial charge in [-0.1, -0.05) is 32.3 Å². The Bertz CT molecular complexity index is 682. The van der Waals surface area contributed by atoms with E-state index in [4.69, 9.17) is 4.74 Å². The van der Waals surface area contributed by atoms with Crippen molar-refractivity contribution < 1.29 is 9.53 Å². The number of benzene rings is 1. The van der Waals surface area contributed by atoms with Gasteiger partial charge < -0.3 is 9.30 Å². The third-order valence-corrected chi connectivity index (χ3v) is 4.10. The highest BCUT2D eigenvalue weighted by atomic mass is 16.5. The largest absolute Gasteiger partial charge is 0.463 e. The summed E-state index contributed by atoms with van der Waals surface area (Å²) in [6, 6.07) is 8.52. The maximum Gasteiger partial charge on any atom is 0.331 e. The van der Waals surface area contributed by atoms with E-state index in [9.17, 15) is 4.79 Å². The third kappa shape index (κ3) is 4.72. The molecule has 3 nitrogen and oxygen atoms in total. The Morgan fingerprint density at radius 1 is 1.17 bits per heavy atom. The number of esters is 1. The lowest BCUT2D eigenvalue weighted by Gasteiger charge is -2.07. The fourth-order valence-corrected chi connectivity index (χ4v) is 2.79. The minimum atomic E-state index is -0.279. The first-order valence-electron chi connectivity index (χ1n) is 8.60. The molecule has 1 heterocycles. The van der Waals surface area contributed by atoms with Crippen molar-refractivity contribution >= 4 is 22.4 Å². The van der Waals surface area contributed by atoms with E-state index in [1.54, 1.807) is 6.08 Å². The molecule has 0 aliphatic carbocycles. The van der Waals surface area contributed by atoms with Crippen LogP contribution in [0, 0.1) is 0 Å². The van der Waals surface area contributed by atoms with Crippen molar-refractivity contribution in [2.75, 3.05) is 6.61 Å². The second-order valence-corrected chi connectivity index (χ2v) is 5.92. The van der Waals surface area contributed by atoms with E-state index in [-0.39, 0.29) is 5.97 Å². The molecule has 0 saturated heterocycles. The van der Waals surface area contributed by atoms with E-state index in [2.05, 4.69) is 42.0 Å². The fraction of sp³-hybridized carbons (Fsp3) is 0.450. The second-order valence-electron chi connectivity index (χ2n) is 5.92. The zero-order valence-electron chi connectivity index (χ0n) is 14.5. The van der Waals surface area contributed by atoms with Gasteiger partial charge in [0.15, 0.2) is 0 Å². The number of unbranched alkanes of at least 4 members (excludes halogenated alkanes) is 3. The Morgan fingerprint density at radius 3 is 2.74 bits per heavy atom. The SMILES string of the molecule is CCCCCCn1ccc2cc(/C(C)=C/C(=O)OCC)ccc21. The summed E-state index contributed by atoms with van der Waals surface area (Å²) in [5.41, 5.74) is 3.25. The lowest BCUT2D eigenvalue weighted by atomic mass is 10.1. The van der Waals surface area contributed by atoms with Crippen LogP contribution in [0.1, 0.15) is 52.0 Å². The zero-order valence-corrected chi connectivity index (χ0v) is 14.5. The van der Waals surface area contributed by atoms with Gasteiger partial charge in [-0.2, -0.15) is 0 Å². The lowest BCUT2D eigenvalue weighted by Crippen LogP contribution is -2.00. The average molecular weight is 313 g/mol. The second kappa shape index (κ2) is 8.56. The van der Waals surface area contributed by atoms with Crippen molar-refractivity contribution in [1.29, 1.82) is 0 Å². The minimum Gasteiger partial charge on any atom is -0.463 e. The van der Waals surface area contributed by atoms with Gasteiger partial charge in [-0.15, -0.1) is 0 Å². The molecule has 0 saturated carbocycles. The summed E-state index contributed by atoms with van der Waals surface area (Å²) >= 11 is 0. The van der Waals surface area contributed by atoms with Gasteiger partial charge in [0.05, 0.1) is 6.61 Å². The quantitative estimate of drug-likeness (QED) is 0.381. The van der Waals surface area contributed by atoms with Crippen LogP contribution < -0.4 is 0 Å². The number of hydrogen-bond donors (Lipinski definition) is 0. The molecule has 0 radical (unpaired) electrons. The number of fused-ring (bicyclic) bond motifs is 1. The highest BCUT2D eigenvalue weighted by Crippen LogP contribution is 2.22. The van der Waals surface area contributed by atoms with E-state index >= 15 is 0 Å². The lowest BCUT2D eigenvalue weighted by molar-refractivity contribution is -0.137. The number of aryl methyl sites for hydroxylation is 1. The van der Waals surface area contributed by atoms with E-state index in [0.717, 1.165) is 17.7 Å². The number of carbonyl (C=O) groups excluding carboxylic acids is 1. The number of carbonyl (C=O) groups is 1. The summed E-state index contributed by atoms with van der Waals surface area (Å²) < 4.78 is 7.29. The van der Waals surface area contributed by atoms with Crippen molar-refractivity contribution in [3.05, 3.63) is 42.1 Å². The number of rotatable bonds is 8. The number of hydrogen-bond acceptors (Lipinski definition) is 2. The molecular weight excluding hydrogens is 286 g/mol. The highest BCUT2D eigenvalue weighted by molar-refractivity contribution is 5.92. The standard InChI is InChI=1S/C20H27NO2/c1-4-6-7-8-12-21-13-11-18-15-17(9-10-19(18)21)16(3)14-20(22)23-5-2/h9-11,13-15H,4-8,12H2,1-3H3/b16-14+. The van der Waals surface area contributed by atoms with Gasteiger partial charge >= 0.3 is 5.97 Å². The Labute approximate surface area is 138 Å². The molecule has 0 amide bonds. The molecule has 0 N–H and O–H groups in total. The molecule has 0 aliphatic heterocycles. The van der Waals surface area contributed by atoms with E-state index in [0.29, 0.717) is 6.61 Å². The van der Waals surface area contributed by atoms with Crippen LogP contribution in [-0.4, -0.2) is 17.1 Å². The summed E-state index contributed by atoms with van der Waals surface area (Å²) in [5, 5.41) is 1.22. The molecule has 2 rings (SSSR count). The van der Waals surface area contributed by atoms with Crippen LogP contribution in [0.4, 0.5) is 0 Å². The molecule has 0 unspecified atom stereocenters. The zero-order chi connectivity index (χ0) is 16.7. The van der Waals surface area contributed by atoms with Gasteiger partial charge in [0.1, 0.15) is 0 Å². The van der Waals surface area contributed by atoms with Crippen LogP contribution in [0.3, 0.4) is 0 Å². The predicted octanol–water partition coefficient (Wildman–Crippen LogP) is 5.19. The molecule has 124 valence electrons. The number of ether oxygens (including phenoxy) is 1. The molecule has 0 bridgehead atoms. The van der Waals surface area contributed by atoms with Crippen LogP contribution in [-0.2, 0) is 16.1 Å². The van der Waals surface area contributed by atoms with Gasteiger partial charge in [-0.25, -0.2) is 4.79 Å². The molecule has 0 spiro atoms. The number of allylic oxidation sites excluding steroid dienone is 1. The van der Waals surface area contributed by atoms with Crippen LogP contribution in [0.15, 0.2) is 36.5 Å². The first kappa shape index (κ1) is 17.3. The third-order valence-electron chi connectivity index (χ3n) is 4.10.